The van der Waals surface area contributed by atoms with Gasteiger partial charge in [-0.25, -0.2) is 4.39 Å². The van der Waals surface area contributed by atoms with Crippen molar-refractivity contribution in [3.05, 3.63) is 29.6 Å². The zero-order chi connectivity index (χ0) is 15.9. The Morgan fingerprint density at radius 3 is 3.00 bits per heavy atom. The van der Waals surface area contributed by atoms with Gasteiger partial charge in [0, 0.05) is 44.4 Å². The molecule has 1 aromatic rings. The average molecular weight is 311 g/mol. The highest BCUT2D eigenvalue weighted by atomic mass is 19.1. The van der Waals surface area contributed by atoms with Gasteiger partial charge < -0.3 is 25.8 Å². The molecule has 1 aliphatic heterocycles. The standard InChI is InChI=1S/C15H22FN3O3/c1-10(20)18-7-12(21)8-19-11-2-3-13(14(16)6-11)15-9-17-4-5-22-15/h2-3,6,12,15,17,19,21H,4-5,7-9H2,1H3,(H,18,20). The minimum atomic E-state index is -0.738. The van der Waals surface area contributed by atoms with Crippen molar-refractivity contribution in [2.45, 2.75) is 19.1 Å². The van der Waals surface area contributed by atoms with Crippen molar-refractivity contribution in [1.82, 2.24) is 10.6 Å². The molecule has 2 atom stereocenters. The summed E-state index contributed by atoms with van der Waals surface area (Å²) in [6.45, 7) is 3.71. The lowest BCUT2D eigenvalue weighted by Gasteiger charge is -2.24. The number of ether oxygens (including phenoxy) is 1. The molecule has 22 heavy (non-hydrogen) atoms. The van der Waals surface area contributed by atoms with Gasteiger partial charge in [0.2, 0.25) is 5.91 Å². The molecular formula is C15H22FN3O3. The number of halogens is 1. The summed E-state index contributed by atoms with van der Waals surface area (Å²) in [6, 6.07) is 4.83. The van der Waals surface area contributed by atoms with Crippen molar-refractivity contribution >= 4 is 11.6 Å². The molecule has 2 unspecified atom stereocenters. The van der Waals surface area contributed by atoms with E-state index in [9.17, 15) is 14.3 Å². The summed E-state index contributed by atoms with van der Waals surface area (Å²) in [5.41, 5.74) is 1.10. The van der Waals surface area contributed by atoms with Gasteiger partial charge in [0.25, 0.3) is 0 Å². The summed E-state index contributed by atoms with van der Waals surface area (Å²) < 4.78 is 19.7. The Hall–Kier alpha value is -1.70. The molecule has 0 spiro atoms. The zero-order valence-electron chi connectivity index (χ0n) is 12.6. The van der Waals surface area contributed by atoms with E-state index < -0.39 is 6.10 Å². The van der Waals surface area contributed by atoms with Crippen LogP contribution in [0.25, 0.3) is 0 Å². The third-order valence-corrected chi connectivity index (χ3v) is 3.40. The predicted molar refractivity (Wildman–Crippen MR) is 81.1 cm³/mol. The van der Waals surface area contributed by atoms with E-state index in [0.29, 0.717) is 24.4 Å². The first kappa shape index (κ1) is 16.7. The lowest BCUT2D eigenvalue weighted by molar-refractivity contribution is -0.119. The first-order chi connectivity index (χ1) is 10.6. The largest absolute Gasteiger partial charge is 0.389 e. The topological polar surface area (TPSA) is 82.6 Å². The molecule has 1 fully saturated rings. The average Bonchev–Trinajstić information content (AvgIpc) is 2.52. The van der Waals surface area contributed by atoms with E-state index in [1.54, 1.807) is 12.1 Å². The molecule has 0 saturated carbocycles. The van der Waals surface area contributed by atoms with Gasteiger partial charge in [0.05, 0.1) is 18.8 Å². The number of morpholine rings is 1. The Kier molecular flexibility index (Phi) is 6.11. The Morgan fingerprint density at radius 2 is 2.36 bits per heavy atom. The summed E-state index contributed by atoms with van der Waals surface area (Å²) in [5, 5.41) is 18.3. The molecule has 0 radical (unpaired) electrons. The number of carbonyl (C=O) groups excluding carboxylic acids is 1. The van der Waals surface area contributed by atoms with Gasteiger partial charge in [-0.1, -0.05) is 6.07 Å². The summed E-state index contributed by atoms with van der Waals surface area (Å²) >= 11 is 0. The third kappa shape index (κ3) is 4.94. The molecule has 2 rings (SSSR count). The maximum Gasteiger partial charge on any atom is 0.216 e. The van der Waals surface area contributed by atoms with E-state index in [4.69, 9.17) is 4.74 Å². The van der Waals surface area contributed by atoms with Crippen LogP contribution in [-0.2, 0) is 9.53 Å². The van der Waals surface area contributed by atoms with Gasteiger partial charge in [0.15, 0.2) is 0 Å². The summed E-state index contributed by atoms with van der Waals surface area (Å²) in [4.78, 5) is 10.7. The Bertz CT molecular complexity index is 507. The predicted octanol–water partition coefficient (Wildman–Crippen LogP) is 0.395. The van der Waals surface area contributed by atoms with E-state index in [1.165, 1.54) is 13.0 Å². The Balaban J connectivity index is 1.87. The lowest BCUT2D eigenvalue weighted by atomic mass is 10.1. The van der Waals surface area contributed by atoms with Gasteiger partial charge in [-0.3, -0.25) is 4.79 Å². The zero-order valence-corrected chi connectivity index (χ0v) is 12.6. The SMILES string of the molecule is CC(=O)NCC(O)CNc1ccc(C2CNCCO2)c(F)c1. The number of rotatable bonds is 6. The molecule has 4 N–H and O–H groups in total. The van der Waals surface area contributed by atoms with E-state index in [-0.39, 0.29) is 30.9 Å². The first-order valence-corrected chi connectivity index (χ1v) is 7.34. The smallest absolute Gasteiger partial charge is 0.216 e. The molecule has 0 aliphatic carbocycles. The number of nitrogens with one attached hydrogen (secondary N) is 3. The highest BCUT2D eigenvalue weighted by Crippen LogP contribution is 2.24. The number of carbonyl (C=O) groups is 1. The normalized spacial score (nSPS) is 19.5. The minimum Gasteiger partial charge on any atom is -0.389 e. The second kappa shape index (κ2) is 8.07. The van der Waals surface area contributed by atoms with E-state index in [1.807, 2.05) is 0 Å². The second-order valence-corrected chi connectivity index (χ2v) is 5.27. The van der Waals surface area contributed by atoms with E-state index in [0.717, 1.165) is 6.54 Å². The Morgan fingerprint density at radius 1 is 1.55 bits per heavy atom. The number of anilines is 1. The van der Waals surface area contributed by atoms with Crippen LogP contribution < -0.4 is 16.0 Å². The number of benzene rings is 1. The van der Waals surface area contributed by atoms with Crippen LogP contribution in [0.3, 0.4) is 0 Å². The van der Waals surface area contributed by atoms with Crippen molar-refractivity contribution in [3.8, 4) is 0 Å². The summed E-state index contributed by atoms with van der Waals surface area (Å²) in [5.74, 6) is -0.536. The number of hydrogen-bond acceptors (Lipinski definition) is 5. The van der Waals surface area contributed by atoms with Crippen LogP contribution in [0.15, 0.2) is 18.2 Å². The van der Waals surface area contributed by atoms with Crippen molar-refractivity contribution in [2.75, 3.05) is 38.1 Å². The van der Waals surface area contributed by atoms with Gasteiger partial charge in [-0.05, 0) is 12.1 Å². The molecular weight excluding hydrogens is 289 g/mol. The van der Waals surface area contributed by atoms with E-state index in [2.05, 4.69) is 16.0 Å². The number of hydrogen-bond donors (Lipinski definition) is 4. The fraction of sp³-hybridized carbons (Fsp3) is 0.533. The summed E-state index contributed by atoms with van der Waals surface area (Å²) in [7, 11) is 0. The van der Waals surface area contributed by atoms with E-state index >= 15 is 0 Å². The quantitative estimate of drug-likeness (QED) is 0.611. The van der Waals surface area contributed by atoms with Crippen LogP contribution >= 0.6 is 0 Å². The van der Waals surface area contributed by atoms with Crippen LogP contribution in [0.4, 0.5) is 10.1 Å². The lowest BCUT2D eigenvalue weighted by Crippen LogP contribution is -2.34. The highest BCUT2D eigenvalue weighted by Gasteiger charge is 2.19. The molecule has 1 aromatic carbocycles. The second-order valence-electron chi connectivity index (χ2n) is 5.27. The van der Waals surface area contributed by atoms with Crippen LogP contribution in [0.1, 0.15) is 18.6 Å². The van der Waals surface area contributed by atoms with Crippen LogP contribution in [0, 0.1) is 5.82 Å². The first-order valence-electron chi connectivity index (χ1n) is 7.34. The van der Waals surface area contributed by atoms with Gasteiger partial charge >= 0.3 is 0 Å². The molecule has 7 heteroatoms. The van der Waals surface area contributed by atoms with Gasteiger partial charge in [-0.2, -0.15) is 0 Å². The number of aliphatic hydroxyl groups excluding tert-OH is 1. The fourth-order valence-electron chi connectivity index (χ4n) is 2.23. The van der Waals surface area contributed by atoms with Gasteiger partial charge in [-0.15, -0.1) is 0 Å². The Labute approximate surface area is 129 Å². The number of amides is 1. The minimum absolute atomic E-state index is 0.157. The molecule has 0 aromatic heterocycles. The van der Waals surface area contributed by atoms with Crippen molar-refractivity contribution in [2.24, 2.45) is 0 Å². The monoisotopic (exact) mass is 311 g/mol. The molecule has 0 bridgehead atoms. The van der Waals surface area contributed by atoms with Crippen LogP contribution in [0.2, 0.25) is 0 Å². The maximum atomic E-state index is 14.1. The van der Waals surface area contributed by atoms with Crippen molar-refractivity contribution in [1.29, 1.82) is 0 Å². The molecule has 6 nitrogen and oxygen atoms in total. The molecule has 1 amide bonds. The number of aliphatic hydroxyl groups is 1. The maximum absolute atomic E-state index is 14.1. The highest BCUT2D eigenvalue weighted by molar-refractivity contribution is 5.72. The molecule has 1 saturated heterocycles. The van der Waals surface area contributed by atoms with Crippen LogP contribution in [-0.4, -0.2) is 49.9 Å². The molecule has 1 aliphatic rings. The van der Waals surface area contributed by atoms with Gasteiger partial charge in [0.1, 0.15) is 5.82 Å². The third-order valence-electron chi connectivity index (χ3n) is 3.40. The fourth-order valence-corrected chi connectivity index (χ4v) is 2.23. The molecule has 122 valence electrons. The molecule has 1 heterocycles. The van der Waals surface area contributed by atoms with Crippen LogP contribution in [0.5, 0.6) is 0 Å². The summed E-state index contributed by atoms with van der Waals surface area (Å²) in [6.07, 6.45) is -1.01. The van der Waals surface area contributed by atoms with Crippen molar-refractivity contribution in [3.63, 3.8) is 0 Å². The van der Waals surface area contributed by atoms with Crippen molar-refractivity contribution < 1.29 is 19.0 Å².